The van der Waals surface area contributed by atoms with Crippen LogP contribution in [0.15, 0.2) is 6.07 Å². The van der Waals surface area contributed by atoms with Gasteiger partial charge in [0.2, 0.25) is 0 Å². The Bertz CT molecular complexity index is 386. The Balaban J connectivity index is 2.83. The van der Waals surface area contributed by atoms with Gasteiger partial charge < -0.3 is 20.1 Å². The normalized spacial score (nSPS) is 12.2. The van der Waals surface area contributed by atoms with Crippen molar-refractivity contribution in [3.05, 3.63) is 11.9 Å². The first-order valence-corrected chi connectivity index (χ1v) is 7.65. The second kappa shape index (κ2) is 9.52. The predicted octanol–water partition coefficient (Wildman–Crippen LogP) is 2.04. The second-order valence-electron chi connectivity index (χ2n) is 5.15. The summed E-state index contributed by atoms with van der Waals surface area (Å²) < 4.78 is 5.40. The van der Waals surface area contributed by atoms with Gasteiger partial charge in [-0.3, -0.25) is 0 Å². The molecule has 1 atom stereocenters. The molecule has 21 heavy (non-hydrogen) atoms. The third-order valence-corrected chi connectivity index (χ3v) is 3.02. The summed E-state index contributed by atoms with van der Waals surface area (Å²) in [6, 6.07) is 1.94. The molecule has 1 aromatic rings. The zero-order valence-electron chi connectivity index (χ0n) is 13.6. The number of aromatic nitrogens is 2. The highest BCUT2D eigenvalue weighted by atomic mass is 16.5. The molecule has 0 spiro atoms. The Labute approximate surface area is 127 Å². The van der Waals surface area contributed by atoms with Gasteiger partial charge in [-0.2, -0.15) is 0 Å². The molecule has 0 radical (unpaired) electrons. The van der Waals surface area contributed by atoms with Gasteiger partial charge in [0.05, 0.1) is 6.10 Å². The maximum absolute atomic E-state index is 9.40. The molecule has 2 N–H and O–H groups in total. The number of ether oxygens (including phenoxy) is 1. The average molecular weight is 296 g/mol. The Morgan fingerprint density at radius 1 is 1.38 bits per heavy atom. The van der Waals surface area contributed by atoms with Gasteiger partial charge in [-0.05, 0) is 26.7 Å². The molecule has 1 unspecified atom stereocenters. The number of aliphatic hydroxyl groups excluding tert-OH is 1. The average Bonchev–Trinajstić information content (AvgIpc) is 2.48. The van der Waals surface area contributed by atoms with Crippen molar-refractivity contribution in [2.24, 2.45) is 0 Å². The number of nitrogens with zero attached hydrogens (tertiary/aromatic N) is 3. The highest BCUT2D eigenvalue weighted by Gasteiger charge is 2.09. The van der Waals surface area contributed by atoms with Crippen LogP contribution >= 0.6 is 0 Å². The third-order valence-electron chi connectivity index (χ3n) is 3.02. The smallest absolute Gasteiger partial charge is 0.158 e. The second-order valence-corrected chi connectivity index (χ2v) is 5.15. The highest BCUT2D eigenvalue weighted by molar-refractivity contribution is 5.49. The maximum Gasteiger partial charge on any atom is 0.158 e. The van der Waals surface area contributed by atoms with Crippen molar-refractivity contribution in [2.75, 3.05) is 37.0 Å². The molecule has 1 aromatic heterocycles. The lowest BCUT2D eigenvalue weighted by molar-refractivity contribution is 0.128. The first-order valence-electron chi connectivity index (χ1n) is 7.65. The van der Waals surface area contributed by atoms with E-state index in [1.165, 1.54) is 0 Å². The lowest BCUT2D eigenvalue weighted by Crippen LogP contribution is -2.23. The molecule has 0 amide bonds. The molecular weight excluding hydrogens is 268 g/mol. The number of rotatable bonds is 10. The van der Waals surface area contributed by atoms with E-state index in [2.05, 4.69) is 22.2 Å². The van der Waals surface area contributed by atoms with Crippen molar-refractivity contribution < 1.29 is 9.84 Å². The predicted molar refractivity (Wildman–Crippen MR) is 85.7 cm³/mol. The number of aliphatic hydroxyl groups is 1. The van der Waals surface area contributed by atoms with Crippen LogP contribution in [-0.4, -0.2) is 47.9 Å². The van der Waals surface area contributed by atoms with E-state index in [-0.39, 0.29) is 6.10 Å². The fourth-order valence-corrected chi connectivity index (χ4v) is 1.78. The quantitative estimate of drug-likeness (QED) is 0.688. The van der Waals surface area contributed by atoms with E-state index in [4.69, 9.17) is 4.74 Å². The molecule has 120 valence electrons. The lowest BCUT2D eigenvalue weighted by Gasteiger charge is -2.20. The summed E-state index contributed by atoms with van der Waals surface area (Å²) in [5.74, 6) is 2.34. The maximum atomic E-state index is 9.40. The number of anilines is 2. The van der Waals surface area contributed by atoms with Gasteiger partial charge in [0, 0.05) is 32.8 Å². The monoisotopic (exact) mass is 296 g/mol. The number of nitrogens with one attached hydrogen (secondary N) is 1. The number of hydrogen-bond donors (Lipinski definition) is 2. The SMILES string of the molecule is CCCNc1cc(N(C)CCC(C)O)nc(COCC)n1. The Morgan fingerprint density at radius 3 is 2.76 bits per heavy atom. The minimum Gasteiger partial charge on any atom is -0.393 e. The van der Waals surface area contributed by atoms with E-state index in [9.17, 15) is 5.11 Å². The zero-order valence-corrected chi connectivity index (χ0v) is 13.6. The molecule has 1 rings (SSSR count). The summed E-state index contributed by atoms with van der Waals surface area (Å²) in [4.78, 5) is 11.0. The number of hydrogen-bond acceptors (Lipinski definition) is 6. The molecule has 0 fully saturated rings. The Hall–Kier alpha value is -1.40. The molecule has 0 bridgehead atoms. The van der Waals surface area contributed by atoms with E-state index in [0.717, 1.165) is 31.1 Å². The minimum absolute atomic E-state index is 0.310. The van der Waals surface area contributed by atoms with Gasteiger partial charge in [0.25, 0.3) is 0 Å². The van der Waals surface area contributed by atoms with Crippen LogP contribution < -0.4 is 10.2 Å². The molecule has 6 nitrogen and oxygen atoms in total. The molecule has 0 aromatic carbocycles. The minimum atomic E-state index is -0.310. The summed E-state index contributed by atoms with van der Waals surface area (Å²) in [5.41, 5.74) is 0. The lowest BCUT2D eigenvalue weighted by atomic mass is 10.3. The topological polar surface area (TPSA) is 70.5 Å². The van der Waals surface area contributed by atoms with E-state index in [0.29, 0.717) is 25.5 Å². The fraction of sp³-hybridized carbons (Fsp3) is 0.733. The van der Waals surface area contributed by atoms with Crippen LogP contribution in [0.1, 0.15) is 39.4 Å². The van der Waals surface area contributed by atoms with Crippen LogP contribution in [-0.2, 0) is 11.3 Å². The summed E-state index contributed by atoms with van der Waals surface area (Å²) in [7, 11) is 1.97. The summed E-state index contributed by atoms with van der Waals surface area (Å²) in [6.45, 7) is 8.54. The van der Waals surface area contributed by atoms with E-state index >= 15 is 0 Å². The van der Waals surface area contributed by atoms with Crippen molar-refractivity contribution in [1.82, 2.24) is 9.97 Å². The molecule has 0 aliphatic carbocycles. The van der Waals surface area contributed by atoms with Gasteiger partial charge in [-0.25, -0.2) is 9.97 Å². The fourth-order valence-electron chi connectivity index (χ4n) is 1.78. The van der Waals surface area contributed by atoms with Gasteiger partial charge in [0.15, 0.2) is 5.82 Å². The van der Waals surface area contributed by atoms with Gasteiger partial charge in [0.1, 0.15) is 18.2 Å². The van der Waals surface area contributed by atoms with Crippen LogP contribution in [0.2, 0.25) is 0 Å². The van der Waals surface area contributed by atoms with E-state index < -0.39 is 0 Å². The first-order chi connectivity index (χ1) is 10.1. The van der Waals surface area contributed by atoms with Crippen molar-refractivity contribution in [3.8, 4) is 0 Å². The molecule has 6 heteroatoms. The summed E-state index contributed by atoms with van der Waals surface area (Å²) in [6.07, 6.45) is 1.44. The van der Waals surface area contributed by atoms with Crippen LogP contribution in [0, 0.1) is 0 Å². The van der Waals surface area contributed by atoms with Crippen molar-refractivity contribution >= 4 is 11.6 Å². The molecule has 0 aliphatic rings. The summed E-state index contributed by atoms with van der Waals surface area (Å²) in [5, 5.41) is 12.7. The standard InChI is InChI=1S/C15H28N4O2/c1-5-8-16-13-10-15(19(4)9-7-12(3)20)18-14(17-13)11-21-6-2/h10,12,20H,5-9,11H2,1-4H3,(H,16,17,18). The van der Waals surface area contributed by atoms with Crippen molar-refractivity contribution in [2.45, 2.75) is 46.3 Å². The van der Waals surface area contributed by atoms with Gasteiger partial charge >= 0.3 is 0 Å². The van der Waals surface area contributed by atoms with Crippen LogP contribution in [0.5, 0.6) is 0 Å². The van der Waals surface area contributed by atoms with Crippen LogP contribution in [0.3, 0.4) is 0 Å². The first kappa shape index (κ1) is 17.7. The van der Waals surface area contributed by atoms with E-state index in [1.807, 2.05) is 24.9 Å². The molecule has 1 heterocycles. The summed E-state index contributed by atoms with van der Waals surface area (Å²) >= 11 is 0. The third kappa shape index (κ3) is 6.73. The van der Waals surface area contributed by atoms with Crippen LogP contribution in [0.4, 0.5) is 11.6 Å². The Kier molecular flexibility index (Phi) is 8.00. The van der Waals surface area contributed by atoms with Crippen LogP contribution in [0.25, 0.3) is 0 Å². The Morgan fingerprint density at radius 2 is 2.14 bits per heavy atom. The molecule has 0 saturated carbocycles. The van der Waals surface area contributed by atoms with Gasteiger partial charge in [-0.1, -0.05) is 6.92 Å². The molecule has 0 aliphatic heterocycles. The molecule has 0 saturated heterocycles. The van der Waals surface area contributed by atoms with Crippen molar-refractivity contribution in [3.63, 3.8) is 0 Å². The van der Waals surface area contributed by atoms with Gasteiger partial charge in [-0.15, -0.1) is 0 Å². The van der Waals surface area contributed by atoms with Crippen molar-refractivity contribution in [1.29, 1.82) is 0 Å². The zero-order chi connectivity index (χ0) is 15.7. The molecular formula is C15H28N4O2. The van der Waals surface area contributed by atoms with E-state index in [1.54, 1.807) is 6.92 Å². The highest BCUT2D eigenvalue weighted by Crippen LogP contribution is 2.16. The largest absolute Gasteiger partial charge is 0.393 e.